The van der Waals surface area contributed by atoms with Crippen LogP contribution in [0.4, 0.5) is 8.78 Å². The van der Waals surface area contributed by atoms with Gasteiger partial charge in [0.1, 0.15) is 11.6 Å². The Balaban J connectivity index is 1.92. The van der Waals surface area contributed by atoms with Crippen molar-refractivity contribution in [2.45, 2.75) is 31.5 Å². The molecular weight excluding hydrogens is 290 g/mol. The molecule has 0 spiro atoms. The maximum Gasteiger partial charge on any atom is 0.130 e. The van der Waals surface area contributed by atoms with Crippen LogP contribution in [0.3, 0.4) is 0 Å². The number of nitrogens with zero attached hydrogens (tertiary/aromatic N) is 1. The van der Waals surface area contributed by atoms with Gasteiger partial charge in [0.15, 0.2) is 0 Å². The number of hydrogen-bond donors (Lipinski definition) is 1. The smallest absolute Gasteiger partial charge is 0.130 e. The van der Waals surface area contributed by atoms with Crippen LogP contribution in [0.1, 0.15) is 29.3 Å². The Kier molecular flexibility index (Phi) is 4.33. The second kappa shape index (κ2) is 6.22. The summed E-state index contributed by atoms with van der Waals surface area (Å²) in [6, 6.07) is 8.00. The van der Waals surface area contributed by atoms with Crippen LogP contribution in [0.15, 0.2) is 35.7 Å². The highest BCUT2D eigenvalue weighted by Crippen LogP contribution is 2.37. The van der Waals surface area contributed by atoms with Gasteiger partial charge in [-0.05, 0) is 36.4 Å². The van der Waals surface area contributed by atoms with E-state index in [9.17, 15) is 8.78 Å². The molecule has 1 heterocycles. The molecule has 0 radical (unpaired) electrons. The fourth-order valence-corrected chi connectivity index (χ4v) is 3.44. The number of rotatable bonds is 6. The number of nitrogens with two attached hydrogens (primary N) is 1. The summed E-state index contributed by atoms with van der Waals surface area (Å²) >= 11 is 1.66. The summed E-state index contributed by atoms with van der Waals surface area (Å²) in [4.78, 5) is 3.34. The van der Waals surface area contributed by atoms with E-state index in [2.05, 4.69) is 4.90 Å². The molecule has 1 atom stereocenters. The van der Waals surface area contributed by atoms with E-state index in [1.807, 2.05) is 17.5 Å². The number of halogens is 2. The molecule has 0 bridgehead atoms. The van der Waals surface area contributed by atoms with E-state index >= 15 is 0 Å². The molecule has 1 unspecified atom stereocenters. The second-order valence-corrected chi connectivity index (χ2v) is 6.40. The quantitative estimate of drug-likeness (QED) is 0.882. The summed E-state index contributed by atoms with van der Waals surface area (Å²) in [5.74, 6) is -1.02. The second-order valence-electron chi connectivity index (χ2n) is 5.37. The zero-order chi connectivity index (χ0) is 14.8. The van der Waals surface area contributed by atoms with Crippen molar-refractivity contribution < 1.29 is 8.78 Å². The Morgan fingerprint density at radius 2 is 1.90 bits per heavy atom. The molecule has 2 nitrogen and oxygen atoms in total. The SMILES string of the molecule is NCC(c1c(F)cccc1F)N(Cc1cccs1)C1CC1. The minimum Gasteiger partial charge on any atom is -0.329 e. The van der Waals surface area contributed by atoms with Gasteiger partial charge in [-0.3, -0.25) is 4.90 Å². The zero-order valence-corrected chi connectivity index (χ0v) is 12.5. The van der Waals surface area contributed by atoms with Gasteiger partial charge in [0.05, 0.1) is 6.04 Å². The van der Waals surface area contributed by atoms with E-state index in [-0.39, 0.29) is 12.1 Å². The monoisotopic (exact) mass is 308 g/mol. The summed E-state index contributed by atoms with van der Waals surface area (Å²) in [5, 5.41) is 2.02. The minimum atomic E-state index is -0.512. The van der Waals surface area contributed by atoms with Gasteiger partial charge in [-0.2, -0.15) is 0 Å². The van der Waals surface area contributed by atoms with Crippen molar-refractivity contribution in [2.24, 2.45) is 5.73 Å². The fourth-order valence-electron chi connectivity index (χ4n) is 2.73. The lowest BCUT2D eigenvalue weighted by Crippen LogP contribution is -2.36. The molecule has 1 aromatic carbocycles. The third-order valence-electron chi connectivity index (χ3n) is 3.89. The normalized spacial score (nSPS) is 16.4. The largest absolute Gasteiger partial charge is 0.329 e. The van der Waals surface area contributed by atoms with Crippen LogP contribution in [0.5, 0.6) is 0 Å². The van der Waals surface area contributed by atoms with Gasteiger partial charge in [-0.25, -0.2) is 8.78 Å². The first-order valence-corrected chi connectivity index (χ1v) is 8.00. The topological polar surface area (TPSA) is 29.3 Å². The Bertz CT molecular complexity index is 576. The molecule has 1 aliphatic carbocycles. The molecule has 1 saturated carbocycles. The first-order chi connectivity index (χ1) is 10.2. The summed E-state index contributed by atoms with van der Waals surface area (Å²) in [6.45, 7) is 0.900. The Morgan fingerprint density at radius 1 is 1.19 bits per heavy atom. The van der Waals surface area contributed by atoms with Crippen molar-refractivity contribution in [2.75, 3.05) is 6.54 Å². The van der Waals surface area contributed by atoms with Gasteiger partial charge < -0.3 is 5.73 Å². The highest BCUT2D eigenvalue weighted by atomic mass is 32.1. The molecule has 0 amide bonds. The van der Waals surface area contributed by atoms with Gasteiger partial charge in [0, 0.05) is 29.6 Å². The van der Waals surface area contributed by atoms with Crippen molar-refractivity contribution in [3.8, 4) is 0 Å². The van der Waals surface area contributed by atoms with Gasteiger partial charge in [-0.1, -0.05) is 12.1 Å². The third-order valence-corrected chi connectivity index (χ3v) is 4.75. The predicted molar refractivity (Wildman–Crippen MR) is 81.0 cm³/mol. The van der Waals surface area contributed by atoms with Gasteiger partial charge >= 0.3 is 0 Å². The lowest BCUT2D eigenvalue weighted by atomic mass is 10.0. The predicted octanol–water partition coefficient (Wildman–Crippen LogP) is 3.69. The summed E-state index contributed by atoms with van der Waals surface area (Å²) in [6.07, 6.45) is 2.13. The van der Waals surface area contributed by atoms with Crippen LogP contribution < -0.4 is 5.73 Å². The average molecular weight is 308 g/mol. The maximum atomic E-state index is 14.1. The lowest BCUT2D eigenvalue weighted by Gasteiger charge is -2.31. The fraction of sp³-hybridized carbons (Fsp3) is 0.375. The molecule has 0 saturated heterocycles. The van der Waals surface area contributed by atoms with Crippen molar-refractivity contribution in [3.05, 3.63) is 57.8 Å². The third kappa shape index (κ3) is 3.15. The number of benzene rings is 1. The van der Waals surface area contributed by atoms with E-state index in [1.165, 1.54) is 23.1 Å². The highest BCUT2D eigenvalue weighted by Gasteiger charge is 2.36. The molecular formula is C16H18F2N2S. The number of hydrogen-bond acceptors (Lipinski definition) is 3. The maximum absolute atomic E-state index is 14.1. The van der Waals surface area contributed by atoms with Crippen LogP contribution in [-0.2, 0) is 6.54 Å². The van der Waals surface area contributed by atoms with Crippen molar-refractivity contribution >= 4 is 11.3 Å². The van der Waals surface area contributed by atoms with Crippen LogP contribution in [0.25, 0.3) is 0 Å². The highest BCUT2D eigenvalue weighted by molar-refractivity contribution is 7.09. The van der Waals surface area contributed by atoms with Gasteiger partial charge in [0.25, 0.3) is 0 Å². The lowest BCUT2D eigenvalue weighted by molar-refractivity contribution is 0.176. The standard InChI is InChI=1S/C16H18F2N2S/c17-13-4-1-5-14(18)16(13)15(9-19)20(11-6-7-11)10-12-3-2-8-21-12/h1-5,8,11,15H,6-7,9-10,19H2. The molecule has 0 aliphatic heterocycles. The van der Waals surface area contributed by atoms with E-state index in [4.69, 9.17) is 5.73 Å². The summed E-state index contributed by atoms with van der Waals surface area (Å²) < 4.78 is 28.2. The van der Waals surface area contributed by atoms with Gasteiger partial charge in [-0.15, -0.1) is 11.3 Å². The molecule has 2 N–H and O–H groups in total. The minimum absolute atomic E-state index is 0.100. The Hall–Kier alpha value is -1.30. The van der Waals surface area contributed by atoms with Crippen molar-refractivity contribution in [3.63, 3.8) is 0 Å². The molecule has 1 aromatic heterocycles. The Labute approximate surface area is 127 Å². The van der Waals surface area contributed by atoms with Gasteiger partial charge in [0.2, 0.25) is 0 Å². The van der Waals surface area contributed by atoms with Crippen molar-refractivity contribution in [1.82, 2.24) is 4.90 Å². The van der Waals surface area contributed by atoms with Crippen LogP contribution in [0.2, 0.25) is 0 Å². The van der Waals surface area contributed by atoms with E-state index in [0.717, 1.165) is 12.8 Å². The van der Waals surface area contributed by atoms with Crippen molar-refractivity contribution in [1.29, 1.82) is 0 Å². The van der Waals surface area contributed by atoms with E-state index < -0.39 is 17.7 Å². The van der Waals surface area contributed by atoms with E-state index in [0.29, 0.717) is 12.6 Å². The molecule has 2 aromatic rings. The molecule has 112 valence electrons. The average Bonchev–Trinajstić information content (AvgIpc) is 3.18. The van der Waals surface area contributed by atoms with Crippen LogP contribution in [0, 0.1) is 11.6 Å². The number of thiophene rings is 1. The molecule has 5 heteroatoms. The molecule has 1 aliphatic rings. The first-order valence-electron chi connectivity index (χ1n) is 7.12. The van der Waals surface area contributed by atoms with Crippen LogP contribution in [-0.4, -0.2) is 17.5 Å². The molecule has 3 rings (SSSR count). The van der Waals surface area contributed by atoms with Crippen LogP contribution >= 0.6 is 11.3 Å². The van der Waals surface area contributed by atoms with E-state index in [1.54, 1.807) is 11.3 Å². The zero-order valence-electron chi connectivity index (χ0n) is 11.6. The summed E-state index contributed by atoms with van der Waals surface area (Å²) in [7, 11) is 0. The summed E-state index contributed by atoms with van der Waals surface area (Å²) in [5.41, 5.74) is 5.97. The molecule has 21 heavy (non-hydrogen) atoms. The first kappa shape index (κ1) is 14.6. The Morgan fingerprint density at radius 3 is 2.43 bits per heavy atom. The molecule has 1 fully saturated rings.